The normalized spacial score (nSPS) is 11.8. The standard InChI is InChI=1S/C15H14F2N2O2/c1-9(10-5-7-18-8-6-10)19-12-4-3-11(15(20)21-2)13(16)14(12)17/h3-9,19H,1-2H3. The molecule has 0 aliphatic carbocycles. The highest BCUT2D eigenvalue weighted by atomic mass is 19.2. The van der Waals surface area contributed by atoms with Crippen LogP contribution in [0.1, 0.15) is 28.9 Å². The highest BCUT2D eigenvalue weighted by Gasteiger charge is 2.20. The van der Waals surface area contributed by atoms with E-state index >= 15 is 0 Å². The van der Waals surface area contributed by atoms with Gasteiger partial charge in [-0.25, -0.2) is 13.6 Å². The molecule has 2 aromatic rings. The fraction of sp³-hybridized carbons (Fsp3) is 0.200. The minimum absolute atomic E-state index is 0.0236. The van der Waals surface area contributed by atoms with Gasteiger partial charge in [0.05, 0.1) is 18.4 Å². The lowest BCUT2D eigenvalue weighted by molar-refractivity contribution is 0.0594. The molecule has 0 radical (unpaired) electrons. The maximum absolute atomic E-state index is 14.0. The van der Waals surface area contributed by atoms with Crippen LogP contribution in [0, 0.1) is 11.6 Å². The van der Waals surface area contributed by atoms with Gasteiger partial charge in [0.1, 0.15) is 0 Å². The summed E-state index contributed by atoms with van der Waals surface area (Å²) >= 11 is 0. The summed E-state index contributed by atoms with van der Waals surface area (Å²) in [6.45, 7) is 1.81. The average Bonchev–Trinajstić information content (AvgIpc) is 2.52. The van der Waals surface area contributed by atoms with Crippen LogP contribution in [-0.4, -0.2) is 18.1 Å². The van der Waals surface area contributed by atoms with Gasteiger partial charge in [-0.3, -0.25) is 4.98 Å². The number of hydrogen-bond acceptors (Lipinski definition) is 4. The Morgan fingerprint density at radius 2 is 1.86 bits per heavy atom. The summed E-state index contributed by atoms with van der Waals surface area (Å²) in [5, 5.41) is 2.86. The number of ether oxygens (including phenoxy) is 1. The van der Waals surface area contributed by atoms with Gasteiger partial charge in [-0.15, -0.1) is 0 Å². The highest BCUT2D eigenvalue weighted by Crippen LogP contribution is 2.25. The maximum atomic E-state index is 14.0. The molecule has 110 valence electrons. The summed E-state index contributed by atoms with van der Waals surface area (Å²) in [7, 11) is 1.11. The van der Waals surface area contributed by atoms with Crippen molar-refractivity contribution in [1.82, 2.24) is 4.98 Å². The number of nitrogens with zero attached hydrogens (tertiary/aromatic N) is 1. The number of rotatable bonds is 4. The molecule has 0 aliphatic rings. The molecule has 0 fully saturated rings. The van der Waals surface area contributed by atoms with Crippen LogP contribution in [0.15, 0.2) is 36.7 Å². The number of methoxy groups -OCH3 is 1. The number of esters is 1. The van der Waals surface area contributed by atoms with E-state index in [0.29, 0.717) is 0 Å². The third-order valence-electron chi connectivity index (χ3n) is 3.07. The smallest absolute Gasteiger partial charge is 0.340 e. The van der Waals surface area contributed by atoms with Gasteiger partial charge in [0.2, 0.25) is 0 Å². The zero-order valence-electron chi connectivity index (χ0n) is 11.6. The fourth-order valence-electron chi connectivity index (χ4n) is 1.90. The van der Waals surface area contributed by atoms with Crippen molar-refractivity contribution in [2.75, 3.05) is 12.4 Å². The van der Waals surface area contributed by atoms with Crippen molar-refractivity contribution in [2.45, 2.75) is 13.0 Å². The van der Waals surface area contributed by atoms with Crippen molar-refractivity contribution in [2.24, 2.45) is 0 Å². The van der Waals surface area contributed by atoms with E-state index in [0.717, 1.165) is 12.7 Å². The molecule has 0 bridgehead atoms. The number of carbonyl (C=O) groups excluding carboxylic acids is 1. The van der Waals surface area contributed by atoms with E-state index in [-0.39, 0.29) is 11.7 Å². The minimum atomic E-state index is -1.23. The Morgan fingerprint density at radius 1 is 1.19 bits per heavy atom. The van der Waals surface area contributed by atoms with E-state index in [1.54, 1.807) is 31.5 Å². The van der Waals surface area contributed by atoms with E-state index in [2.05, 4.69) is 15.0 Å². The van der Waals surface area contributed by atoms with Crippen molar-refractivity contribution >= 4 is 11.7 Å². The monoisotopic (exact) mass is 292 g/mol. The number of anilines is 1. The minimum Gasteiger partial charge on any atom is -0.465 e. The Balaban J connectivity index is 2.26. The van der Waals surface area contributed by atoms with Crippen LogP contribution in [0.3, 0.4) is 0 Å². The van der Waals surface area contributed by atoms with Crippen LogP contribution in [0.4, 0.5) is 14.5 Å². The summed E-state index contributed by atoms with van der Waals surface area (Å²) in [5.74, 6) is -3.26. The lowest BCUT2D eigenvalue weighted by Gasteiger charge is -2.16. The number of halogens is 2. The van der Waals surface area contributed by atoms with E-state index in [1.807, 2.05) is 0 Å². The number of nitrogens with one attached hydrogen (secondary N) is 1. The second-order valence-corrected chi connectivity index (χ2v) is 4.43. The van der Waals surface area contributed by atoms with Crippen LogP contribution in [0.2, 0.25) is 0 Å². The molecule has 21 heavy (non-hydrogen) atoms. The fourth-order valence-corrected chi connectivity index (χ4v) is 1.90. The molecule has 1 aromatic carbocycles. The molecule has 6 heteroatoms. The molecular formula is C15H14F2N2O2. The van der Waals surface area contributed by atoms with E-state index in [9.17, 15) is 13.6 Å². The second-order valence-electron chi connectivity index (χ2n) is 4.43. The first-order chi connectivity index (χ1) is 10.0. The molecule has 4 nitrogen and oxygen atoms in total. The molecule has 2 rings (SSSR count). The first kappa shape index (κ1) is 14.9. The van der Waals surface area contributed by atoms with Crippen molar-refractivity contribution in [3.05, 3.63) is 59.4 Å². The average molecular weight is 292 g/mol. The summed E-state index contributed by atoms with van der Waals surface area (Å²) < 4.78 is 32.2. The zero-order valence-corrected chi connectivity index (χ0v) is 11.6. The van der Waals surface area contributed by atoms with Crippen LogP contribution >= 0.6 is 0 Å². The van der Waals surface area contributed by atoms with Gasteiger partial charge in [0.15, 0.2) is 11.6 Å². The molecule has 0 amide bonds. The van der Waals surface area contributed by atoms with Crippen LogP contribution in [0.25, 0.3) is 0 Å². The third kappa shape index (κ3) is 3.16. The first-order valence-corrected chi connectivity index (χ1v) is 6.27. The second kappa shape index (κ2) is 6.30. The largest absolute Gasteiger partial charge is 0.465 e. The lowest BCUT2D eigenvalue weighted by atomic mass is 10.1. The number of benzene rings is 1. The molecule has 1 heterocycles. The van der Waals surface area contributed by atoms with Crippen molar-refractivity contribution in [3.63, 3.8) is 0 Å². The van der Waals surface area contributed by atoms with Gasteiger partial charge in [0, 0.05) is 18.4 Å². The molecule has 1 N–H and O–H groups in total. The maximum Gasteiger partial charge on any atom is 0.340 e. The molecule has 0 aliphatic heterocycles. The number of carbonyl (C=O) groups is 1. The molecule has 1 aromatic heterocycles. The third-order valence-corrected chi connectivity index (χ3v) is 3.07. The quantitative estimate of drug-likeness (QED) is 0.878. The van der Waals surface area contributed by atoms with Gasteiger partial charge >= 0.3 is 5.97 Å². The van der Waals surface area contributed by atoms with Crippen molar-refractivity contribution < 1.29 is 18.3 Å². The number of aromatic nitrogens is 1. The highest BCUT2D eigenvalue weighted by molar-refractivity contribution is 5.90. The SMILES string of the molecule is COC(=O)c1ccc(NC(C)c2ccncc2)c(F)c1F. The van der Waals surface area contributed by atoms with Gasteiger partial charge in [-0.2, -0.15) is 0 Å². The Morgan fingerprint density at radius 3 is 2.48 bits per heavy atom. The molecule has 1 unspecified atom stereocenters. The predicted octanol–water partition coefficient (Wildman–Crippen LogP) is 3.32. The molecule has 1 atom stereocenters. The van der Waals surface area contributed by atoms with Gasteiger partial charge in [0.25, 0.3) is 0 Å². The van der Waals surface area contributed by atoms with Crippen LogP contribution in [0.5, 0.6) is 0 Å². The Labute approximate surface area is 120 Å². The molecule has 0 spiro atoms. The van der Waals surface area contributed by atoms with Gasteiger partial charge < -0.3 is 10.1 Å². The summed E-state index contributed by atoms with van der Waals surface area (Å²) in [6, 6.07) is 5.79. The summed E-state index contributed by atoms with van der Waals surface area (Å²) in [4.78, 5) is 15.2. The summed E-state index contributed by atoms with van der Waals surface area (Å²) in [6.07, 6.45) is 3.23. The van der Waals surface area contributed by atoms with Crippen molar-refractivity contribution in [1.29, 1.82) is 0 Å². The van der Waals surface area contributed by atoms with E-state index < -0.39 is 23.2 Å². The summed E-state index contributed by atoms with van der Waals surface area (Å²) in [5.41, 5.74) is 0.420. The predicted molar refractivity (Wildman–Crippen MR) is 74.0 cm³/mol. The number of hydrogen-bond donors (Lipinski definition) is 1. The lowest BCUT2D eigenvalue weighted by Crippen LogP contribution is -2.11. The van der Waals surface area contributed by atoms with Crippen molar-refractivity contribution in [3.8, 4) is 0 Å². The Bertz CT molecular complexity index is 648. The molecule has 0 saturated carbocycles. The van der Waals surface area contributed by atoms with Crippen LogP contribution in [-0.2, 0) is 4.74 Å². The number of pyridine rings is 1. The Hall–Kier alpha value is -2.50. The molecular weight excluding hydrogens is 278 g/mol. The van der Waals surface area contributed by atoms with Crippen LogP contribution < -0.4 is 5.32 Å². The van der Waals surface area contributed by atoms with Gasteiger partial charge in [-0.05, 0) is 36.8 Å². The molecule has 0 saturated heterocycles. The Kier molecular flexibility index (Phi) is 4.47. The van der Waals surface area contributed by atoms with E-state index in [4.69, 9.17) is 0 Å². The van der Waals surface area contributed by atoms with E-state index in [1.165, 1.54) is 12.1 Å². The zero-order chi connectivity index (χ0) is 15.4. The van der Waals surface area contributed by atoms with Gasteiger partial charge in [-0.1, -0.05) is 0 Å². The first-order valence-electron chi connectivity index (χ1n) is 6.27. The topological polar surface area (TPSA) is 51.2 Å².